The van der Waals surface area contributed by atoms with Crippen molar-refractivity contribution in [3.05, 3.63) is 0 Å². The summed E-state index contributed by atoms with van der Waals surface area (Å²) in [7, 11) is 0. The van der Waals surface area contributed by atoms with Gasteiger partial charge in [-0.25, -0.2) is 0 Å². The Morgan fingerprint density at radius 1 is 0.667 bits per heavy atom. The third-order valence-electron chi connectivity index (χ3n) is 1.71. The van der Waals surface area contributed by atoms with Crippen LogP contribution in [0.2, 0.25) is 0 Å². The Morgan fingerprint density at radius 3 is 0.889 bits per heavy atom. The zero-order valence-electron chi connectivity index (χ0n) is 5.45. The summed E-state index contributed by atoms with van der Waals surface area (Å²) in [5.41, 5.74) is 0. The van der Waals surface area contributed by atoms with Gasteiger partial charge in [0.15, 0.2) is 0 Å². The molecule has 1 heterocycles. The van der Waals surface area contributed by atoms with Crippen LogP contribution in [0.15, 0.2) is 0 Å². The van der Waals surface area contributed by atoms with E-state index < -0.39 is 0 Å². The topological polar surface area (TPSA) is 12.0 Å². The van der Waals surface area contributed by atoms with Gasteiger partial charge in [0.2, 0.25) is 0 Å². The van der Waals surface area contributed by atoms with E-state index >= 15 is 0 Å². The van der Waals surface area contributed by atoms with E-state index in [0.717, 1.165) is 0 Å². The fraction of sp³-hybridized carbons (Fsp3) is 1.00. The molecule has 0 aromatic rings. The standard InChI is InChI=1S/C4H8.C3H7N.CH4/c2*1-2-4-3-1;/h1-4H2;4H,1-3H2;1H4. The lowest BCUT2D eigenvalue weighted by Gasteiger charge is -2.09. The molecular weight excluding hydrogens is 110 g/mol. The molecule has 2 aliphatic rings. The van der Waals surface area contributed by atoms with E-state index in [1.165, 1.54) is 45.2 Å². The molecule has 2 rings (SSSR count). The summed E-state index contributed by atoms with van der Waals surface area (Å²) in [6, 6.07) is 0. The number of nitrogens with one attached hydrogen (secondary N) is 1. The van der Waals surface area contributed by atoms with Gasteiger partial charge in [0.25, 0.3) is 0 Å². The summed E-state index contributed by atoms with van der Waals surface area (Å²) in [5, 5.41) is 3.11. The fourth-order valence-electron chi connectivity index (χ4n) is 0.427. The Hall–Kier alpha value is -0.0400. The van der Waals surface area contributed by atoms with Crippen LogP contribution in [0.1, 0.15) is 39.5 Å². The van der Waals surface area contributed by atoms with Crippen LogP contribution in [-0.2, 0) is 0 Å². The van der Waals surface area contributed by atoms with E-state index in [1.54, 1.807) is 0 Å². The van der Waals surface area contributed by atoms with Crippen LogP contribution in [0.3, 0.4) is 0 Å². The molecule has 9 heavy (non-hydrogen) atoms. The quantitative estimate of drug-likeness (QED) is 0.528. The highest BCUT2D eigenvalue weighted by atomic mass is 14.9. The van der Waals surface area contributed by atoms with Crippen molar-refractivity contribution < 1.29 is 0 Å². The second-order valence-electron chi connectivity index (χ2n) is 2.52. The van der Waals surface area contributed by atoms with Gasteiger partial charge in [-0.15, -0.1) is 0 Å². The van der Waals surface area contributed by atoms with Gasteiger partial charge in [0.05, 0.1) is 0 Å². The molecule has 1 aliphatic heterocycles. The number of rotatable bonds is 0. The van der Waals surface area contributed by atoms with Gasteiger partial charge in [-0.1, -0.05) is 33.1 Å². The van der Waals surface area contributed by atoms with Crippen molar-refractivity contribution in [2.45, 2.75) is 39.5 Å². The van der Waals surface area contributed by atoms with Crippen molar-refractivity contribution in [1.29, 1.82) is 0 Å². The fourth-order valence-corrected chi connectivity index (χ4v) is 0.427. The van der Waals surface area contributed by atoms with E-state index in [0.29, 0.717) is 0 Å². The highest BCUT2D eigenvalue weighted by molar-refractivity contribution is 4.56. The molecule has 56 valence electrons. The zero-order valence-corrected chi connectivity index (χ0v) is 5.45. The molecule has 1 nitrogen and oxygen atoms in total. The molecule has 0 radical (unpaired) electrons. The summed E-state index contributed by atoms with van der Waals surface area (Å²) in [5.74, 6) is 0. The summed E-state index contributed by atoms with van der Waals surface area (Å²) >= 11 is 0. The Bertz CT molecular complexity index is 28.5. The Balaban J connectivity index is 0.000000128. The van der Waals surface area contributed by atoms with E-state index in [-0.39, 0.29) is 7.43 Å². The van der Waals surface area contributed by atoms with Crippen molar-refractivity contribution >= 4 is 0 Å². The molecule has 0 aromatic carbocycles. The van der Waals surface area contributed by atoms with Crippen molar-refractivity contribution in [3.8, 4) is 0 Å². The van der Waals surface area contributed by atoms with Crippen molar-refractivity contribution in [2.24, 2.45) is 0 Å². The minimum absolute atomic E-state index is 0. The minimum Gasteiger partial charge on any atom is -0.317 e. The van der Waals surface area contributed by atoms with Crippen molar-refractivity contribution in [3.63, 3.8) is 0 Å². The first-order valence-corrected chi connectivity index (χ1v) is 3.71. The molecule has 0 spiro atoms. The second-order valence-corrected chi connectivity index (χ2v) is 2.52. The smallest absolute Gasteiger partial charge is 0.00368 e. The minimum atomic E-state index is 0. The third kappa shape index (κ3) is 4.46. The number of hydrogen-bond acceptors (Lipinski definition) is 1. The highest BCUT2D eigenvalue weighted by Crippen LogP contribution is 2.15. The van der Waals surface area contributed by atoms with Crippen LogP contribution in [0, 0.1) is 0 Å². The van der Waals surface area contributed by atoms with Crippen LogP contribution in [-0.4, -0.2) is 13.1 Å². The molecule has 1 saturated carbocycles. The lowest BCUT2D eigenvalue weighted by atomic mass is 10.0. The van der Waals surface area contributed by atoms with Gasteiger partial charge in [-0.2, -0.15) is 0 Å². The molecule has 0 unspecified atom stereocenters. The Morgan fingerprint density at radius 2 is 0.889 bits per heavy atom. The van der Waals surface area contributed by atoms with Crippen molar-refractivity contribution in [1.82, 2.24) is 5.32 Å². The van der Waals surface area contributed by atoms with Crippen LogP contribution in [0.5, 0.6) is 0 Å². The maximum absolute atomic E-state index is 3.11. The molecule has 1 heteroatoms. The predicted octanol–water partition coefficient (Wildman–Crippen LogP) is 2.18. The average molecular weight is 129 g/mol. The van der Waals surface area contributed by atoms with E-state index in [4.69, 9.17) is 0 Å². The molecule has 1 N–H and O–H groups in total. The van der Waals surface area contributed by atoms with Gasteiger partial charge in [-0.05, 0) is 19.5 Å². The normalized spacial score (nSPS) is 21.3. The van der Waals surface area contributed by atoms with Crippen LogP contribution < -0.4 is 5.32 Å². The monoisotopic (exact) mass is 129 g/mol. The summed E-state index contributed by atoms with van der Waals surface area (Å²) in [6.45, 7) is 2.50. The largest absolute Gasteiger partial charge is 0.317 e. The maximum atomic E-state index is 3.11. The van der Waals surface area contributed by atoms with Gasteiger partial charge < -0.3 is 5.32 Å². The van der Waals surface area contributed by atoms with Crippen LogP contribution in [0.4, 0.5) is 0 Å². The second kappa shape index (κ2) is 6.09. The average Bonchev–Trinajstić information content (AvgIpc) is 1.12. The van der Waals surface area contributed by atoms with Gasteiger partial charge in [-0.3, -0.25) is 0 Å². The van der Waals surface area contributed by atoms with E-state index in [2.05, 4.69) is 5.32 Å². The van der Waals surface area contributed by atoms with Crippen LogP contribution >= 0.6 is 0 Å². The zero-order chi connectivity index (χ0) is 5.66. The Kier molecular flexibility index (Phi) is 6.06. The third-order valence-corrected chi connectivity index (χ3v) is 1.71. The first-order chi connectivity index (χ1) is 4.00. The maximum Gasteiger partial charge on any atom is -0.00368 e. The lowest BCUT2D eigenvalue weighted by molar-refractivity contribution is 0.504. The summed E-state index contributed by atoms with van der Waals surface area (Å²) in [6.07, 6.45) is 7.39. The van der Waals surface area contributed by atoms with Crippen LogP contribution in [0.25, 0.3) is 0 Å². The highest BCUT2D eigenvalue weighted by Gasteiger charge is 1.95. The molecule has 0 aromatic heterocycles. The van der Waals surface area contributed by atoms with E-state index in [9.17, 15) is 0 Å². The SMILES string of the molecule is C.C1CCC1.C1CNC1. The molecule has 1 aliphatic carbocycles. The van der Waals surface area contributed by atoms with Gasteiger partial charge in [0.1, 0.15) is 0 Å². The van der Waals surface area contributed by atoms with Gasteiger partial charge in [0, 0.05) is 0 Å². The molecule has 0 atom stereocenters. The van der Waals surface area contributed by atoms with Gasteiger partial charge >= 0.3 is 0 Å². The number of hydrogen-bond donors (Lipinski definition) is 1. The Labute approximate surface area is 58.8 Å². The predicted molar refractivity (Wildman–Crippen MR) is 42.7 cm³/mol. The molecule has 1 saturated heterocycles. The summed E-state index contributed by atoms with van der Waals surface area (Å²) in [4.78, 5) is 0. The lowest BCUT2D eigenvalue weighted by Crippen LogP contribution is -2.29. The first kappa shape index (κ1) is 8.96. The summed E-state index contributed by atoms with van der Waals surface area (Å²) < 4.78 is 0. The molecule has 0 bridgehead atoms. The molecular formula is C8H19N. The van der Waals surface area contributed by atoms with Crippen molar-refractivity contribution in [2.75, 3.05) is 13.1 Å². The van der Waals surface area contributed by atoms with E-state index in [1.807, 2.05) is 0 Å². The first-order valence-electron chi connectivity index (χ1n) is 3.71. The molecule has 0 amide bonds. The molecule has 2 fully saturated rings.